The standard InChI is InChI=1S/C18H22N2/c1-2-13-20-17(14-19)18(15-9-5-3-6-10-15)16-11-7-4-8-12-16/h2-12,17-18,20H,1,13-14,19H2. The summed E-state index contributed by atoms with van der Waals surface area (Å²) in [5.41, 5.74) is 8.56. The monoisotopic (exact) mass is 266 g/mol. The van der Waals surface area contributed by atoms with Gasteiger partial charge >= 0.3 is 0 Å². The predicted octanol–water partition coefficient (Wildman–Crippen LogP) is 2.92. The van der Waals surface area contributed by atoms with Crippen molar-refractivity contribution in [1.29, 1.82) is 0 Å². The Labute approximate surface area is 121 Å². The average Bonchev–Trinajstić information content (AvgIpc) is 2.53. The van der Waals surface area contributed by atoms with E-state index in [4.69, 9.17) is 5.73 Å². The van der Waals surface area contributed by atoms with Gasteiger partial charge in [-0.3, -0.25) is 0 Å². The molecule has 2 nitrogen and oxygen atoms in total. The molecule has 3 N–H and O–H groups in total. The molecule has 0 aromatic heterocycles. The summed E-state index contributed by atoms with van der Waals surface area (Å²) >= 11 is 0. The zero-order valence-corrected chi connectivity index (χ0v) is 11.7. The largest absolute Gasteiger partial charge is 0.329 e. The molecule has 2 aromatic carbocycles. The maximum atomic E-state index is 5.99. The lowest BCUT2D eigenvalue weighted by molar-refractivity contribution is 0.496. The number of hydrogen-bond donors (Lipinski definition) is 2. The van der Waals surface area contributed by atoms with E-state index in [0.29, 0.717) is 6.54 Å². The van der Waals surface area contributed by atoms with Crippen molar-refractivity contribution < 1.29 is 0 Å². The molecule has 0 aliphatic carbocycles. The summed E-state index contributed by atoms with van der Waals surface area (Å²) in [6.45, 7) is 5.12. The van der Waals surface area contributed by atoms with Crippen LogP contribution in [0.4, 0.5) is 0 Å². The summed E-state index contributed by atoms with van der Waals surface area (Å²) < 4.78 is 0. The second-order valence-electron chi connectivity index (χ2n) is 4.84. The zero-order valence-electron chi connectivity index (χ0n) is 11.7. The number of benzene rings is 2. The fourth-order valence-corrected chi connectivity index (χ4v) is 2.55. The van der Waals surface area contributed by atoms with E-state index >= 15 is 0 Å². The van der Waals surface area contributed by atoms with Crippen LogP contribution in [0.5, 0.6) is 0 Å². The van der Waals surface area contributed by atoms with Gasteiger partial charge in [-0.15, -0.1) is 6.58 Å². The predicted molar refractivity (Wildman–Crippen MR) is 85.8 cm³/mol. The van der Waals surface area contributed by atoms with Gasteiger partial charge in [-0.25, -0.2) is 0 Å². The van der Waals surface area contributed by atoms with Crippen molar-refractivity contribution in [3.8, 4) is 0 Å². The molecule has 1 unspecified atom stereocenters. The Kier molecular flexibility index (Phi) is 5.54. The molecule has 104 valence electrons. The van der Waals surface area contributed by atoms with E-state index in [2.05, 4.69) is 60.4 Å². The van der Waals surface area contributed by atoms with Crippen molar-refractivity contribution >= 4 is 0 Å². The lowest BCUT2D eigenvalue weighted by Gasteiger charge is -2.28. The van der Waals surface area contributed by atoms with E-state index < -0.39 is 0 Å². The summed E-state index contributed by atoms with van der Waals surface area (Å²) in [7, 11) is 0. The van der Waals surface area contributed by atoms with Crippen LogP contribution in [0.1, 0.15) is 17.0 Å². The maximum Gasteiger partial charge on any atom is 0.0302 e. The smallest absolute Gasteiger partial charge is 0.0302 e. The molecule has 0 bridgehead atoms. The van der Waals surface area contributed by atoms with E-state index in [1.807, 2.05) is 18.2 Å². The fourth-order valence-electron chi connectivity index (χ4n) is 2.55. The van der Waals surface area contributed by atoms with Crippen LogP contribution in [0, 0.1) is 0 Å². The van der Waals surface area contributed by atoms with E-state index in [1.165, 1.54) is 11.1 Å². The van der Waals surface area contributed by atoms with Crippen LogP contribution < -0.4 is 11.1 Å². The van der Waals surface area contributed by atoms with Gasteiger partial charge in [0.15, 0.2) is 0 Å². The average molecular weight is 266 g/mol. The van der Waals surface area contributed by atoms with Gasteiger partial charge in [-0.2, -0.15) is 0 Å². The van der Waals surface area contributed by atoms with E-state index in [-0.39, 0.29) is 12.0 Å². The van der Waals surface area contributed by atoms with Gasteiger partial charge in [0, 0.05) is 25.0 Å². The second kappa shape index (κ2) is 7.63. The maximum absolute atomic E-state index is 5.99. The molecule has 1 atom stereocenters. The van der Waals surface area contributed by atoms with Crippen molar-refractivity contribution in [3.05, 3.63) is 84.4 Å². The lowest BCUT2D eigenvalue weighted by Crippen LogP contribution is -2.41. The summed E-state index contributed by atoms with van der Waals surface area (Å²) in [5.74, 6) is 0.252. The van der Waals surface area contributed by atoms with Gasteiger partial charge in [0.05, 0.1) is 0 Å². The molecular formula is C18H22N2. The van der Waals surface area contributed by atoms with Gasteiger partial charge in [0.1, 0.15) is 0 Å². The minimum Gasteiger partial charge on any atom is -0.329 e. The van der Waals surface area contributed by atoms with E-state index in [1.54, 1.807) is 0 Å². The summed E-state index contributed by atoms with van der Waals surface area (Å²) in [6.07, 6.45) is 1.87. The van der Waals surface area contributed by atoms with Crippen LogP contribution in [0.25, 0.3) is 0 Å². The van der Waals surface area contributed by atoms with Crippen LogP contribution in [0.3, 0.4) is 0 Å². The van der Waals surface area contributed by atoms with Crippen molar-refractivity contribution in [2.75, 3.05) is 13.1 Å². The molecule has 0 heterocycles. The van der Waals surface area contributed by atoms with Gasteiger partial charge in [0.2, 0.25) is 0 Å². The molecule has 0 saturated carbocycles. The highest BCUT2D eigenvalue weighted by molar-refractivity contribution is 5.34. The van der Waals surface area contributed by atoms with Crippen LogP contribution in [-0.2, 0) is 0 Å². The third-order valence-corrected chi connectivity index (χ3v) is 3.50. The Morgan fingerprint density at radius 3 is 1.85 bits per heavy atom. The Balaban J connectivity index is 2.35. The van der Waals surface area contributed by atoms with Crippen molar-refractivity contribution in [1.82, 2.24) is 5.32 Å². The topological polar surface area (TPSA) is 38.0 Å². The Morgan fingerprint density at radius 2 is 1.45 bits per heavy atom. The lowest BCUT2D eigenvalue weighted by atomic mass is 9.85. The molecule has 0 fully saturated rings. The highest BCUT2D eigenvalue weighted by Gasteiger charge is 2.22. The first-order chi connectivity index (χ1) is 9.86. The SMILES string of the molecule is C=CCNC(CN)C(c1ccccc1)c1ccccc1. The molecule has 2 rings (SSSR count). The molecular weight excluding hydrogens is 244 g/mol. The molecule has 0 saturated heterocycles. The van der Waals surface area contributed by atoms with Crippen molar-refractivity contribution in [2.45, 2.75) is 12.0 Å². The highest BCUT2D eigenvalue weighted by atomic mass is 14.9. The van der Waals surface area contributed by atoms with Crippen LogP contribution in [-0.4, -0.2) is 19.1 Å². The van der Waals surface area contributed by atoms with Gasteiger partial charge in [-0.1, -0.05) is 66.7 Å². The number of rotatable bonds is 7. The third kappa shape index (κ3) is 3.56. The molecule has 20 heavy (non-hydrogen) atoms. The summed E-state index contributed by atoms with van der Waals surface area (Å²) in [6, 6.07) is 21.2. The first kappa shape index (κ1) is 14.5. The molecule has 0 radical (unpaired) electrons. The number of nitrogens with two attached hydrogens (primary N) is 1. The highest BCUT2D eigenvalue weighted by Crippen LogP contribution is 2.27. The molecule has 0 amide bonds. The fraction of sp³-hybridized carbons (Fsp3) is 0.222. The molecule has 2 heteroatoms. The van der Waals surface area contributed by atoms with Crippen LogP contribution in [0.2, 0.25) is 0 Å². The van der Waals surface area contributed by atoms with Gasteiger partial charge < -0.3 is 11.1 Å². The van der Waals surface area contributed by atoms with Gasteiger partial charge in [0.25, 0.3) is 0 Å². The molecule has 0 aliphatic heterocycles. The minimum atomic E-state index is 0.192. The summed E-state index contributed by atoms with van der Waals surface area (Å²) in [4.78, 5) is 0. The minimum absolute atomic E-state index is 0.192. The first-order valence-electron chi connectivity index (χ1n) is 7.01. The Bertz CT molecular complexity index is 468. The first-order valence-corrected chi connectivity index (χ1v) is 7.01. The van der Waals surface area contributed by atoms with E-state index in [0.717, 1.165) is 6.54 Å². The number of nitrogens with one attached hydrogen (secondary N) is 1. The van der Waals surface area contributed by atoms with Crippen LogP contribution in [0.15, 0.2) is 73.3 Å². The normalized spacial score (nSPS) is 12.3. The van der Waals surface area contributed by atoms with E-state index in [9.17, 15) is 0 Å². The quantitative estimate of drug-likeness (QED) is 0.756. The Hall–Kier alpha value is -1.90. The van der Waals surface area contributed by atoms with Crippen molar-refractivity contribution in [3.63, 3.8) is 0 Å². The number of hydrogen-bond acceptors (Lipinski definition) is 2. The van der Waals surface area contributed by atoms with Crippen LogP contribution >= 0.6 is 0 Å². The van der Waals surface area contributed by atoms with Gasteiger partial charge in [-0.05, 0) is 11.1 Å². The Morgan fingerprint density at radius 1 is 0.950 bits per heavy atom. The molecule has 0 aliphatic rings. The second-order valence-corrected chi connectivity index (χ2v) is 4.84. The summed E-state index contributed by atoms with van der Waals surface area (Å²) in [5, 5.41) is 3.47. The third-order valence-electron chi connectivity index (χ3n) is 3.50. The zero-order chi connectivity index (χ0) is 14.2. The van der Waals surface area contributed by atoms with Crippen molar-refractivity contribution in [2.24, 2.45) is 5.73 Å². The molecule has 2 aromatic rings. The molecule has 0 spiro atoms.